The maximum atomic E-state index is 5.80. The lowest BCUT2D eigenvalue weighted by Gasteiger charge is -2.24. The zero-order valence-electron chi connectivity index (χ0n) is 14.4. The Morgan fingerprint density at radius 3 is 2.64 bits per heavy atom. The molecule has 0 aromatic heterocycles. The smallest absolute Gasteiger partial charge is 0.166 e. The number of fused-ring (bicyclic) bond motifs is 1. The summed E-state index contributed by atoms with van der Waals surface area (Å²) in [4.78, 5) is 1.57. The van der Waals surface area contributed by atoms with Gasteiger partial charge in [0, 0.05) is 0 Å². The van der Waals surface area contributed by atoms with Gasteiger partial charge < -0.3 is 25.0 Å². The number of hydrogen-bond donors (Lipinski definition) is 3. The summed E-state index contributed by atoms with van der Waals surface area (Å²) in [7, 11) is 0. The van der Waals surface area contributed by atoms with Crippen molar-refractivity contribution < 1.29 is 14.4 Å². The number of rotatable bonds is 7. The number of quaternary nitrogens is 1. The van der Waals surface area contributed by atoms with E-state index in [-0.39, 0.29) is 0 Å². The monoisotopic (exact) mass is 360 g/mol. The summed E-state index contributed by atoms with van der Waals surface area (Å²) >= 11 is 5.30. The molecule has 1 aliphatic rings. The summed E-state index contributed by atoms with van der Waals surface area (Å²) in [6, 6.07) is 14.4. The van der Waals surface area contributed by atoms with E-state index in [1.165, 1.54) is 10.8 Å². The van der Waals surface area contributed by atoms with Gasteiger partial charge in [-0.2, -0.15) is 0 Å². The molecule has 2 aromatic carbocycles. The number of benzene rings is 2. The molecule has 5 nitrogen and oxygen atoms in total. The van der Waals surface area contributed by atoms with Crippen molar-refractivity contribution in [1.82, 2.24) is 10.6 Å². The molecule has 3 rings (SSSR count). The molecule has 0 saturated carbocycles. The lowest BCUT2D eigenvalue weighted by molar-refractivity contribution is -0.906. The number of hydrogen-bond acceptors (Lipinski definition) is 3. The van der Waals surface area contributed by atoms with Gasteiger partial charge in [0.1, 0.15) is 25.4 Å². The van der Waals surface area contributed by atoms with Gasteiger partial charge in [-0.15, -0.1) is 0 Å². The summed E-state index contributed by atoms with van der Waals surface area (Å²) in [5.41, 5.74) is 0. The first-order valence-corrected chi connectivity index (χ1v) is 9.27. The minimum Gasteiger partial charge on any atom is -0.492 e. The molecule has 134 valence electrons. The van der Waals surface area contributed by atoms with E-state index in [2.05, 4.69) is 34.9 Å². The van der Waals surface area contributed by atoms with E-state index in [4.69, 9.17) is 21.7 Å². The highest BCUT2D eigenvalue weighted by molar-refractivity contribution is 7.80. The average Bonchev–Trinajstić information content (AvgIpc) is 2.66. The van der Waals surface area contributed by atoms with E-state index in [9.17, 15) is 0 Å². The highest BCUT2D eigenvalue weighted by atomic mass is 32.1. The SMILES string of the molecule is S=C(NCCOc1ccc2ccccc2c1)NCC[NH+]1CCOCC1. The second kappa shape index (κ2) is 9.56. The molecule has 1 heterocycles. The predicted molar refractivity (Wildman–Crippen MR) is 104 cm³/mol. The van der Waals surface area contributed by atoms with Gasteiger partial charge in [-0.05, 0) is 35.1 Å². The van der Waals surface area contributed by atoms with Gasteiger partial charge in [-0.25, -0.2) is 0 Å². The van der Waals surface area contributed by atoms with Crippen LogP contribution in [-0.2, 0) is 4.74 Å². The second-order valence-electron chi connectivity index (χ2n) is 6.15. The van der Waals surface area contributed by atoms with Crippen LogP contribution in [0.25, 0.3) is 10.8 Å². The summed E-state index contributed by atoms with van der Waals surface area (Å²) in [6.45, 7) is 7.11. The van der Waals surface area contributed by atoms with Crippen LogP contribution in [0.2, 0.25) is 0 Å². The van der Waals surface area contributed by atoms with E-state index in [1.54, 1.807) is 4.90 Å². The molecule has 25 heavy (non-hydrogen) atoms. The van der Waals surface area contributed by atoms with Crippen LogP contribution in [0.15, 0.2) is 42.5 Å². The maximum Gasteiger partial charge on any atom is 0.166 e. The molecule has 6 heteroatoms. The topological polar surface area (TPSA) is 47.0 Å². The van der Waals surface area contributed by atoms with Crippen LogP contribution in [0.4, 0.5) is 0 Å². The largest absolute Gasteiger partial charge is 0.492 e. The number of nitrogens with one attached hydrogen (secondary N) is 3. The second-order valence-corrected chi connectivity index (χ2v) is 6.56. The normalized spacial score (nSPS) is 15.0. The molecule has 1 fully saturated rings. The fourth-order valence-electron chi connectivity index (χ4n) is 2.92. The minimum absolute atomic E-state index is 0.578. The van der Waals surface area contributed by atoms with Crippen molar-refractivity contribution in [3.05, 3.63) is 42.5 Å². The third-order valence-electron chi connectivity index (χ3n) is 4.34. The molecule has 1 aliphatic heterocycles. The number of ether oxygens (including phenoxy) is 2. The lowest BCUT2D eigenvalue weighted by atomic mass is 10.1. The van der Waals surface area contributed by atoms with Crippen molar-refractivity contribution in [1.29, 1.82) is 0 Å². The molecule has 0 bridgehead atoms. The van der Waals surface area contributed by atoms with Crippen molar-refractivity contribution in [3.63, 3.8) is 0 Å². The van der Waals surface area contributed by atoms with Gasteiger partial charge >= 0.3 is 0 Å². The van der Waals surface area contributed by atoms with Gasteiger partial charge in [0.15, 0.2) is 5.11 Å². The van der Waals surface area contributed by atoms with E-state index in [1.807, 2.05) is 18.2 Å². The molecule has 0 spiro atoms. The summed E-state index contributed by atoms with van der Waals surface area (Å²) in [5, 5.41) is 9.55. The first kappa shape index (κ1) is 17.9. The Balaban J connectivity index is 1.30. The average molecular weight is 361 g/mol. The van der Waals surface area contributed by atoms with Crippen LogP contribution in [0, 0.1) is 0 Å². The molecule has 0 atom stereocenters. The van der Waals surface area contributed by atoms with Crippen molar-refractivity contribution in [2.24, 2.45) is 0 Å². The number of morpholine rings is 1. The highest BCUT2D eigenvalue weighted by Gasteiger charge is 2.12. The molecule has 0 unspecified atom stereocenters. The van der Waals surface area contributed by atoms with E-state index in [0.717, 1.165) is 45.1 Å². The zero-order valence-corrected chi connectivity index (χ0v) is 15.2. The van der Waals surface area contributed by atoms with Crippen molar-refractivity contribution >= 4 is 28.1 Å². The number of thiocarbonyl (C=S) groups is 1. The van der Waals surface area contributed by atoms with Gasteiger partial charge in [0.05, 0.1) is 32.8 Å². The minimum atomic E-state index is 0.578. The summed E-state index contributed by atoms with van der Waals surface area (Å²) < 4.78 is 11.2. The van der Waals surface area contributed by atoms with Gasteiger partial charge in [-0.1, -0.05) is 30.3 Å². The van der Waals surface area contributed by atoms with E-state index in [0.29, 0.717) is 18.3 Å². The molecular weight excluding hydrogens is 334 g/mol. The van der Waals surface area contributed by atoms with Crippen LogP contribution in [0.5, 0.6) is 5.75 Å². The van der Waals surface area contributed by atoms with Crippen LogP contribution >= 0.6 is 12.2 Å². The Morgan fingerprint density at radius 2 is 1.80 bits per heavy atom. The Morgan fingerprint density at radius 1 is 1.04 bits per heavy atom. The third-order valence-corrected chi connectivity index (χ3v) is 4.63. The van der Waals surface area contributed by atoms with Crippen molar-refractivity contribution in [2.75, 3.05) is 52.5 Å². The summed E-state index contributed by atoms with van der Waals surface area (Å²) in [6.07, 6.45) is 0. The molecule has 0 aliphatic carbocycles. The molecule has 0 amide bonds. The van der Waals surface area contributed by atoms with Crippen LogP contribution < -0.4 is 20.3 Å². The Hall–Kier alpha value is -1.89. The first-order valence-electron chi connectivity index (χ1n) is 8.86. The Bertz CT molecular complexity index is 689. The van der Waals surface area contributed by atoms with Crippen molar-refractivity contribution in [3.8, 4) is 5.75 Å². The van der Waals surface area contributed by atoms with Crippen LogP contribution in [0.3, 0.4) is 0 Å². The van der Waals surface area contributed by atoms with E-state index < -0.39 is 0 Å². The van der Waals surface area contributed by atoms with Crippen molar-refractivity contribution in [2.45, 2.75) is 0 Å². The molecular formula is C19H26N3O2S+. The fourth-order valence-corrected chi connectivity index (χ4v) is 3.12. The first-order chi connectivity index (χ1) is 12.3. The molecule has 3 N–H and O–H groups in total. The van der Waals surface area contributed by atoms with Crippen LogP contribution in [-0.4, -0.2) is 57.7 Å². The Labute approximate surface area is 154 Å². The molecule has 0 radical (unpaired) electrons. The van der Waals surface area contributed by atoms with Gasteiger partial charge in [0.25, 0.3) is 0 Å². The molecule has 1 saturated heterocycles. The third kappa shape index (κ3) is 5.85. The zero-order chi connectivity index (χ0) is 17.3. The fraction of sp³-hybridized carbons (Fsp3) is 0.421. The predicted octanol–water partition coefficient (Wildman–Crippen LogP) is 0.598. The maximum absolute atomic E-state index is 5.80. The standard InChI is InChI=1S/C19H25N3O2S/c25-19(20-7-9-22-10-13-23-14-11-22)21-8-12-24-18-6-5-16-3-1-2-4-17(16)15-18/h1-6,15H,7-14H2,(H2,20,21,25)/p+1. The summed E-state index contributed by atoms with van der Waals surface area (Å²) in [5.74, 6) is 0.885. The van der Waals surface area contributed by atoms with Crippen LogP contribution in [0.1, 0.15) is 0 Å². The Kier molecular flexibility index (Phi) is 6.85. The van der Waals surface area contributed by atoms with E-state index >= 15 is 0 Å². The van der Waals surface area contributed by atoms with Gasteiger partial charge in [-0.3, -0.25) is 0 Å². The highest BCUT2D eigenvalue weighted by Crippen LogP contribution is 2.20. The lowest BCUT2D eigenvalue weighted by Crippen LogP contribution is -3.14. The quantitative estimate of drug-likeness (QED) is 0.499. The van der Waals surface area contributed by atoms with Gasteiger partial charge in [0.2, 0.25) is 0 Å². The molecule has 2 aromatic rings.